The van der Waals surface area contributed by atoms with Gasteiger partial charge in [0.1, 0.15) is 0 Å². The molecule has 0 aliphatic heterocycles. The monoisotopic (exact) mass is 1220 g/mol. The molecule has 0 aromatic rings. The molecule has 0 unspecified atom stereocenters. The Morgan fingerprint density at radius 3 is 0.500 bits per heavy atom. The minimum atomic E-state index is -0.921. The molecule has 0 spiro atoms. The number of carboxylic acids is 4. The second kappa shape index (κ2) is 87.5. The Labute approximate surface area is 549 Å². The zero-order chi connectivity index (χ0) is 59.6. The smallest absolute Gasteiger partial charge is 0.550 e. The fraction of sp³-hybridized carbons (Fsp3) is 0.722. The summed E-state index contributed by atoms with van der Waals surface area (Å²) in [6.07, 6.45) is 87.8. The molecule has 0 aromatic carbocycles. The summed E-state index contributed by atoms with van der Waals surface area (Å²) in [5, 5.41) is 40.8. The first-order valence-electron chi connectivity index (χ1n) is 33.1. The average molecular weight is 1220 g/mol. The fourth-order valence-corrected chi connectivity index (χ4v) is 8.32. The maximum Gasteiger partial charge on any atom is 2.00 e. The van der Waals surface area contributed by atoms with E-state index in [1.807, 2.05) is 0 Å². The molecule has 0 aliphatic rings. The summed E-state index contributed by atoms with van der Waals surface area (Å²) in [6.45, 7) is 8.93. The summed E-state index contributed by atoms with van der Waals surface area (Å²) in [4.78, 5) is 40.8. The molecule has 0 aromatic heterocycles. The fourth-order valence-electron chi connectivity index (χ4n) is 8.32. The summed E-state index contributed by atoms with van der Waals surface area (Å²) < 4.78 is 0. The Morgan fingerprint density at radius 2 is 0.354 bits per heavy atom. The summed E-state index contributed by atoms with van der Waals surface area (Å²) in [5.74, 6) is -3.68. The molecule has 0 heterocycles. The third kappa shape index (κ3) is 106. The molecular formula is C72H124CaO8Zn. The zero-order valence-electron chi connectivity index (χ0n) is 53.9. The van der Waals surface area contributed by atoms with E-state index in [-0.39, 0.29) is 82.9 Å². The van der Waals surface area contributed by atoms with Crippen LogP contribution in [0.4, 0.5) is 0 Å². The van der Waals surface area contributed by atoms with Gasteiger partial charge in [0.05, 0.1) is 0 Å². The van der Waals surface area contributed by atoms with Crippen LogP contribution in [0.25, 0.3) is 0 Å². The van der Waals surface area contributed by atoms with E-state index in [0.29, 0.717) is 0 Å². The van der Waals surface area contributed by atoms with Crippen molar-refractivity contribution < 1.29 is 59.1 Å². The molecule has 0 saturated heterocycles. The van der Waals surface area contributed by atoms with Gasteiger partial charge in [-0.05, 0) is 180 Å². The number of rotatable bonds is 56. The van der Waals surface area contributed by atoms with Crippen LogP contribution in [0.2, 0.25) is 0 Å². The largest absolute Gasteiger partial charge is 2.00 e. The van der Waals surface area contributed by atoms with Crippen molar-refractivity contribution in [2.45, 2.75) is 336 Å². The first-order chi connectivity index (χ1) is 39.1. The number of aliphatic carboxylic acids is 4. The predicted molar refractivity (Wildman–Crippen MR) is 343 cm³/mol. The topological polar surface area (TPSA) is 161 Å². The molecule has 0 aliphatic carbocycles. The molecule has 0 bridgehead atoms. The van der Waals surface area contributed by atoms with E-state index >= 15 is 0 Å². The summed E-state index contributed by atoms with van der Waals surface area (Å²) >= 11 is 0. The third-order valence-electron chi connectivity index (χ3n) is 13.3. The second-order valence-electron chi connectivity index (χ2n) is 21.4. The van der Waals surface area contributed by atoms with E-state index in [4.69, 9.17) is 0 Å². The number of hydrogen-bond donors (Lipinski definition) is 0. The van der Waals surface area contributed by atoms with E-state index in [1.165, 1.54) is 154 Å². The van der Waals surface area contributed by atoms with Crippen LogP contribution in [0.5, 0.6) is 0 Å². The molecule has 10 heteroatoms. The molecule has 0 radical (unpaired) electrons. The number of carbonyl (C=O) groups excluding carboxylic acids is 4. The average Bonchev–Trinajstić information content (AvgIpc) is 3.43. The molecule has 0 rings (SSSR count). The molecule has 464 valence electrons. The Morgan fingerprint density at radius 1 is 0.220 bits per heavy atom. The standard InChI is InChI=1S/4C18H32O2.Ca.Zn/c4*1-2-3-4-5-6-7-8-9-10-11-12-13-14-15-16-17-18(19)20;;/h4*6-7,9-10H,2-5,8,11-17H2,1H3,(H,19,20);;/q;;;;2*+2/p-4/b4*7-6-,10-9-;;. The molecule has 82 heavy (non-hydrogen) atoms. The van der Waals surface area contributed by atoms with Gasteiger partial charge in [-0.1, -0.05) is 253 Å². The summed E-state index contributed by atoms with van der Waals surface area (Å²) in [7, 11) is 0. The van der Waals surface area contributed by atoms with Gasteiger partial charge in [0.15, 0.2) is 0 Å². The maximum atomic E-state index is 10.2. The van der Waals surface area contributed by atoms with Gasteiger partial charge in [-0.25, -0.2) is 0 Å². The van der Waals surface area contributed by atoms with Crippen LogP contribution in [-0.2, 0) is 38.7 Å². The minimum Gasteiger partial charge on any atom is -0.550 e. The number of unbranched alkanes of at least 4 members (excludes halogenated alkanes) is 32. The second-order valence-corrected chi connectivity index (χ2v) is 21.4. The Balaban J connectivity index is -0.000000233. The van der Waals surface area contributed by atoms with E-state index in [2.05, 4.69) is 125 Å². The number of allylic oxidation sites excluding steroid dienone is 16. The van der Waals surface area contributed by atoms with Gasteiger partial charge in [0, 0.05) is 23.9 Å². The van der Waals surface area contributed by atoms with Crippen molar-refractivity contribution in [3.63, 3.8) is 0 Å². The van der Waals surface area contributed by atoms with Crippen molar-refractivity contribution in [3.05, 3.63) is 97.2 Å². The van der Waals surface area contributed by atoms with Gasteiger partial charge >= 0.3 is 57.2 Å². The van der Waals surface area contributed by atoms with Crippen molar-refractivity contribution in [3.8, 4) is 0 Å². The minimum absolute atomic E-state index is 0. The normalized spacial score (nSPS) is 11.4. The van der Waals surface area contributed by atoms with Gasteiger partial charge in [0.2, 0.25) is 0 Å². The van der Waals surface area contributed by atoms with Gasteiger partial charge in [-0.3, -0.25) is 0 Å². The van der Waals surface area contributed by atoms with Crippen LogP contribution in [0.1, 0.15) is 336 Å². The quantitative estimate of drug-likeness (QED) is 0.0330. The number of carboxylic acid groups (broad SMARTS) is 4. The van der Waals surface area contributed by atoms with Crippen LogP contribution in [0.3, 0.4) is 0 Å². The molecule has 8 nitrogen and oxygen atoms in total. The van der Waals surface area contributed by atoms with E-state index in [1.54, 1.807) is 0 Å². The van der Waals surface area contributed by atoms with E-state index in [9.17, 15) is 39.6 Å². The van der Waals surface area contributed by atoms with Gasteiger partial charge < -0.3 is 39.6 Å². The van der Waals surface area contributed by atoms with Crippen LogP contribution < -0.4 is 20.4 Å². The van der Waals surface area contributed by atoms with Crippen LogP contribution >= 0.6 is 0 Å². The molecule has 0 N–H and O–H groups in total. The summed E-state index contributed by atoms with van der Waals surface area (Å²) in [6, 6.07) is 0. The van der Waals surface area contributed by atoms with Gasteiger partial charge in [-0.15, -0.1) is 0 Å². The van der Waals surface area contributed by atoms with Gasteiger partial charge in [-0.2, -0.15) is 0 Å². The van der Waals surface area contributed by atoms with E-state index in [0.717, 1.165) is 128 Å². The Hall–Kier alpha value is -2.32. The molecule has 0 amide bonds. The van der Waals surface area contributed by atoms with Crippen LogP contribution in [0.15, 0.2) is 97.2 Å². The zero-order valence-corrected chi connectivity index (χ0v) is 59.0. The maximum absolute atomic E-state index is 10.2. The number of carbonyl (C=O) groups is 4. The van der Waals surface area contributed by atoms with E-state index < -0.39 is 23.9 Å². The first kappa shape index (κ1) is 90.9. The number of hydrogen-bond acceptors (Lipinski definition) is 8. The van der Waals surface area contributed by atoms with Gasteiger partial charge in [0.25, 0.3) is 0 Å². The van der Waals surface area contributed by atoms with Crippen molar-refractivity contribution in [1.29, 1.82) is 0 Å². The summed E-state index contributed by atoms with van der Waals surface area (Å²) in [5.41, 5.74) is 0. The molecule has 0 fully saturated rings. The van der Waals surface area contributed by atoms with Crippen molar-refractivity contribution >= 4 is 61.6 Å². The van der Waals surface area contributed by atoms with Crippen molar-refractivity contribution in [2.24, 2.45) is 0 Å². The van der Waals surface area contributed by atoms with Crippen molar-refractivity contribution in [2.75, 3.05) is 0 Å². The van der Waals surface area contributed by atoms with Crippen molar-refractivity contribution in [1.82, 2.24) is 0 Å². The first-order valence-corrected chi connectivity index (χ1v) is 33.1. The molecule has 0 saturated carbocycles. The Bertz CT molecular complexity index is 1310. The SMILES string of the molecule is CCCCC/C=C\C/C=C\CCCCCCCC(=O)[O-].CCCCC/C=C\C/C=C\CCCCCCCC(=O)[O-].CCCCC/C=C\C/C=C\CCCCCCCC(=O)[O-].CCCCC/C=C\C/C=C\CCCCCCCC(=O)[O-].[Ca+2].[Zn+2]. The third-order valence-corrected chi connectivity index (χ3v) is 13.3. The predicted octanol–water partition coefficient (Wildman–Crippen LogP) is 17.8. The molecular weight excluding hydrogens is 1100 g/mol. The Kier molecular flexibility index (Phi) is 96.9. The molecule has 0 atom stereocenters. The van der Waals surface area contributed by atoms with Crippen LogP contribution in [-0.4, -0.2) is 61.6 Å². The van der Waals surface area contributed by atoms with Crippen LogP contribution in [0, 0.1) is 0 Å².